The molecule has 110 valence electrons. The zero-order chi connectivity index (χ0) is 15.2. The molecule has 0 radical (unpaired) electrons. The summed E-state index contributed by atoms with van der Waals surface area (Å²) in [7, 11) is 0. The molecule has 0 saturated carbocycles. The molecule has 2 rings (SSSR count). The summed E-state index contributed by atoms with van der Waals surface area (Å²) in [5.74, 6) is -0.199. The molecule has 0 saturated heterocycles. The van der Waals surface area contributed by atoms with Crippen LogP contribution in [0.1, 0.15) is 42.2 Å². The van der Waals surface area contributed by atoms with Gasteiger partial charge in [-0.3, -0.25) is 4.79 Å². The van der Waals surface area contributed by atoms with E-state index in [0.717, 1.165) is 12.0 Å². The van der Waals surface area contributed by atoms with Gasteiger partial charge in [0.25, 0.3) is 5.91 Å². The Labute approximate surface area is 125 Å². The fourth-order valence-electron chi connectivity index (χ4n) is 2.31. The topological polar surface area (TPSA) is 29.1 Å². The summed E-state index contributed by atoms with van der Waals surface area (Å²) < 4.78 is 13.2. The van der Waals surface area contributed by atoms with Gasteiger partial charge in [0.2, 0.25) is 0 Å². The number of benzene rings is 2. The van der Waals surface area contributed by atoms with Crippen LogP contribution in [-0.2, 0) is 0 Å². The first-order chi connectivity index (χ1) is 10.1. The van der Waals surface area contributed by atoms with Gasteiger partial charge in [-0.05, 0) is 36.1 Å². The second-order valence-corrected chi connectivity index (χ2v) is 5.58. The molecule has 0 aliphatic rings. The molecular formula is C18H20FNO. The molecule has 21 heavy (non-hydrogen) atoms. The number of hydrogen-bond acceptors (Lipinski definition) is 1. The maximum absolute atomic E-state index is 13.2. The lowest BCUT2D eigenvalue weighted by atomic mass is 9.96. The average Bonchev–Trinajstić information content (AvgIpc) is 2.47. The zero-order valence-corrected chi connectivity index (χ0v) is 12.3. The van der Waals surface area contributed by atoms with E-state index in [9.17, 15) is 9.18 Å². The van der Waals surface area contributed by atoms with Crippen LogP contribution in [0.5, 0.6) is 0 Å². The van der Waals surface area contributed by atoms with Crippen molar-refractivity contribution in [2.24, 2.45) is 5.92 Å². The van der Waals surface area contributed by atoms with Crippen molar-refractivity contribution in [3.05, 3.63) is 71.5 Å². The first-order valence-electron chi connectivity index (χ1n) is 7.17. The molecule has 0 aromatic heterocycles. The minimum Gasteiger partial charge on any atom is -0.345 e. The second kappa shape index (κ2) is 7.02. The van der Waals surface area contributed by atoms with E-state index in [1.807, 2.05) is 30.3 Å². The highest BCUT2D eigenvalue weighted by atomic mass is 19.1. The van der Waals surface area contributed by atoms with Crippen LogP contribution in [0.4, 0.5) is 4.39 Å². The van der Waals surface area contributed by atoms with Crippen LogP contribution >= 0.6 is 0 Å². The SMILES string of the molecule is CC(C)C[C@H](NC(=O)c1cccc(F)c1)c1ccccc1. The molecule has 2 nitrogen and oxygen atoms in total. The van der Waals surface area contributed by atoms with Gasteiger partial charge in [-0.15, -0.1) is 0 Å². The van der Waals surface area contributed by atoms with Crippen LogP contribution in [0.25, 0.3) is 0 Å². The zero-order valence-electron chi connectivity index (χ0n) is 12.3. The van der Waals surface area contributed by atoms with E-state index in [1.165, 1.54) is 12.1 Å². The Balaban J connectivity index is 2.17. The van der Waals surface area contributed by atoms with Gasteiger partial charge in [0.1, 0.15) is 5.82 Å². The molecule has 0 spiro atoms. The third kappa shape index (κ3) is 4.42. The molecule has 1 amide bonds. The van der Waals surface area contributed by atoms with Crippen molar-refractivity contribution in [2.75, 3.05) is 0 Å². The van der Waals surface area contributed by atoms with Crippen molar-refractivity contribution in [3.63, 3.8) is 0 Å². The summed E-state index contributed by atoms with van der Waals surface area (Å²) in [5, 5.41) is 3.00. The molecule has 0 unspecified atom stereocenters. The summed E-state index contributed by atoms with van der Waals surface area (Å²) in [6, 6.07) is 15.5. The molecule has 0 aliphatic carbocycles. The van der Waals surface area contributed by atoms with Gasteiger partial charge >= 0.3 is 0 Å². The summed E-state index contributed by atoms with van der Waals surface area (Å²) in [5.41, 5.74) is 1.41. The van der Waals surface area contributed by atoms with Gasteiger partial charge < -0.3 is 5.32 Å². The Hall–Kier alpha value is -2.16. The monoisotopic (exact) mass is 285 g/mol. The Bertz CT molecular complexity index is 595. The summed E-state index contributed by atoms with van der Waals surface area (Å²) in [6.45, 7) is 4.23. The van der Waals surface area contributed by atoms with Crippen LogP contribution < -0.4 is 5.32 Å². The van der Waals surface area contributed by atoms with Crippen molar-refractivity contribution < 1.29 is 9.18 Å². The van der Waals surface area contributed by atoms with Crippen LogP contribution in [0.3, 0.4) is 0 Å². The van der Waals surface area contributed by atoms with Crippen molar-refractivity contribution in [2.45, 2.75) is 26.3 Å². The fourth-order valence-corrected chi connectivity index (χ4v) is 2.31. The molecule has 0 aliphatic heterocycles. The third-order valence-corrected chi connectivity index (χ3v) is 3.30. The number of carbonyl (C=O) groups excluding carboxylic acids is 1. The third-order valence-electron chi connectivity index (χ3n) is 3.30. The lowest BCUT2D eigenvalue weighted by Gasteiger charge is -2.21. The lowest BCUT2D eigenvalue weighted by molar-refractivity contribution is 0.0931. The first-order valence-corrected chi connectivity index (χ1v) is 7.17. The Morgan fingerprint density at radius 2 is 1.81 bits per heavy atom. The smallest absolute Gasteiger partial charge is 0.251 e. The van der Waals surface area contributed by atoms with E-state index in [4.69, 9.17) is 0 Å². The summed E-state index contributed by atoms with van der Waals surface area (Å²) in [4.78, 5) is 12.3. The predicted octanol–water partition coefficient (Wildman–Crippen LogP) is 4.34. The fraction of sp³-hybridized carbons (Fsp3) is 0.278. The highest BCUT2D eigenvalue weighted by Crippen LogP contribution is 2.21. The summed E-state index contributed by atoms with van der Waals surface area (Å²) in [6.07, 6.45) is 0.838. The molecule has 2 aromatic carbocycles. The van der Waals surface area contributed by atoms with Gasteiger partial charge in [0.05, 0.1) is 6.04 Å². The number of hydrogen-bond donors (Lipinski definition) is 1. The van der Waals surface area contributed by atoms with Gasteiger partial charge in [0.15, 0.2) is 0 Å². The predicted molar refractivity (Wildman–Crippen MR) is 82.5 cm³/mol. The largest absolute Gasteiger partial charge is 0.345 e. The maximum atomic E-state index is 13.2. The van der Waals surface area contributed by atoms with E-state index in [1.54, 1.807) is 12.1 Å². The van der Waals surface area contributed by atoms with Crippen molar-refractivity contribution in [1.29, 1.82) is 0 Å². The number of carbonyl (C=O) groups is 1. The van der Waals surface area contributed by atoms with Crippen molar-refractivity contribution in [3.8, 4) is 0 Å². The van der Waals surface area contributed by atoms with Gasteiger partial charge in [-0.25, -0.2) is 4.39 Å². The van der Waals surface area contributed by atoms with Crippen molar-refractivity contribution in [1.82, 2.24) is 5.32 Å². The molecule has 3 heteroatoms. The van der Waals surface area contributed by atoms with Crippen LogP contribution in [0, 0.1) is 11.7 Å². The average molecular weight is 285 g/mol. The van der Waals surface area contributed by atoms with Crippen LogP contribution in [0.15, 0.2) is 54.6 Å². The minimum absolute atomic E-state index is 0.0676. The number of amides is 1. The Kier molecular flexibility index (Phi) is 5.09. The highest BCUT2D eigenvalue weighted by molar-refractivity contribution is 5.94. The summed E-state index contributed by atoms with van der Waals surface area (Å²) >= 11 is 0. The molecule has 2 aromatic rings. The highest BCUT2D eigenvalue weighted by Gasteiger charge is 2.17. The Morgan fingerprint density at radius 3 is 2.43 bits per heavy atom. The molecule has 0 bridgehead atoms. The first kappa shape index (κ1) is 15.2. The molecular weight excluding hydrogens is 265 g/mol. The number of nitrogens with one attached hydrogen (secondary N) is 1. The standard InChI is InChI=1S/C18H20FNO/c1-13(2)11-17(14-7-4-3-5-8-14)20-18(21)15-9-6-10-16(19)12-15/h3-10,12-13,17H,11H2,1-2H3,(H,20,21)/t17-/m0/s1. The van der Waals surface area contributed by atoms with Crippen LogP contribution in [-0.4, -0.2) is 5.91 Å². The minimum atomic E-state index is -0.400. The number of halogens is 1. The molecule has 0 fully saturated rings. The second-order valence-electron chi connectivity index (χ2n) is 5.58. The van der Waals surface area contributed by atoms with Gasteiger partial charge in [-0.1, -0.05) is 50.2 Å². The quantitative estimate of drug-likeness (QED) is 0.869. The van der Waals surface area contributed by atoms with Crippen LogP contribution in [0.2, 0.25) is 0 Å². The van der Waals surface area contributed by atoms with E-state index < -0.39 is 5.82 Å². The van der Waals surface area contributed by atoms with Gasteiger partial charge in [-0.2, -0.15) is 0 Å². The van der Waals surface area contributed by atoms with E-state index in [0.29, 0.717) is 11.5 Å². The van der Waals surface area contributed by atoms with E-state index in [-0.39, 0.29) is 11.9 Å². The van der Waals surface area contributed by atoms with E-state index >= 15 is 0 Å². The number of rotatable bonds is 5. The van der Waals surface area contributed by atoms with E-state index in [2.05, 4.69) is 19.2 Å². The maximum Gasteiger partial charge on any atom is 0.251 e. The molecule has 1 atom stereocenters. The molecule has 0 heterocycles. The van der Waals surface area contributed by atoms with Gasteiger partial charge in [0, 0.05) is 5.56 Å². The molecule has 1 N–H and O–H groups in total. The lowest BCUT2D eigenvalue weighted by Crippen LogP contribution is -2.29. The van der Waals surface area contributed by atoms with Crippen molar-refractivity contribution >= 4 is 5.91 Å². The Morgan fingerprint density at radius 1 is 1.10 bits per heavy atom. The normalized spacial score (nSPS) is 12.2.